The van der Waals surface area contributed by atoms with E-state index in [9.17, 15) is 13.2 Å². The smallest absolute Gasteiger partial charge is 0.318 e. The van der Waals surface area contributed by atoms with Crippen LogP contribution in [0.3, 0.4) is 0 Å². The van der Waals surface area contributed by atoms with E-state index < -0.39 is 10.1 Å². The van der Waals surface area contributed by atoms with Crippen molar-refractivity contribution in [1.82, 2.24) is 10.2 Å². The molecule has 2 aromatic carbocycles. The predicted molar refractivity (Wildman–Crippen MR) is 111 cm³/mol. The zero-order valence-electron chi connectivity index (χ0n) is 16.6. The molecule has 0 spiro atoms. The Morgan fingerprint density at radius 1 is 1.04 bits per heavy atom. The quantitative estimate of drug-likeness (QED) is 0.643. The van der Waals surface area contributed by atoms with Gasteiger partial charge in [0.1, 0.15) is 5.75 Å². The monoisotopic (exact) mass is 404 g/mol. The van der Waals surface area contributed by atoms with Gasteiger partial charge in [-0.25, -0.2) is 4.79 Å². The number of nitrogens with zero attached hydrogens (tertiary/aromatic N) is 1. The lowest BCUT2D eigenvalue weighted by Gasteiger charge is -2.29. The lowest BCUT2D eigenvalue weighted by molar-refractivity contribution is 0.173. The summed E-state index contributed by atoms with van der Waals surface area (Å²) in [6, 6.07) is 16.5. The molecule has 6 nitrogen and oxygen atoms in total. The molecule has 28 heavy (non-hydrogen) atoms. The largest absolute Gasteiger partial charge is 0.382 e. The molecule has 0 aliphatic heterocycles. The minimum absolute atomic E-state index is 0.0622. The molecule has 1 atom stereocenters. The fraction of sp³-hybridized carbons (Fsp3) is 0.381. The Labute approximate surface area is 167 Å². The third-order valence-corrected chi connectivity index (χ3v) is 5.68. The number of carbonyl (C=O) groups excluding carboxylic acids is 1. The summed E-state index contributed by atoms with van der Waals surface area (Å²) in [6.45, 7) is 6.47. The molecule has 2 rings (SSSR count). The van der Waals surface area contributed by atoms with Crippen molar-refractivity contribution >= 4 is 16.1 Å². The van der Waals surface area contributed by atoms with Gasteiger partial charge in [0.2, 0.25) is 0 Å². The van der Waals surface area contributed by atoms with Gasteiger partial charge in [0, 0.05) is 19.1 Å². The number of hydrogen-bond acceptors (Lipinski definition) is 4. The number of benzene rings is 2. The summed E-state index contributed by atoms with van der Waals surface area (Å²) in [5, 5.41) is 2.97. The summed E-state index contributed by atoms with van der Waals surface area (Å²) < 4.78 is 28.1. The van der Waals surface area contributed by atoms with Gasteiger partial charge in [0.25, 0.3) is 0 Å². The van der Waals surface area contributed by atoms with Crippen molar-refractivity contribution in [3.05, 3.63) is 65.7 Å². The zero-order valence-corrected chi connectivity index (χ0v) is 17.4. The van der Waals surface area contributed by atoms with E-state index in [-0.39, 0.29) is 23.6 Å². The van der Waals surface area contributed by atoms with Crippen LogP contribution in [0.2, 0.25) is 0 Å². The predicted octanol–water partition coefficient (Wildman–Crippen LogP) is 3.93. The second-order valence-corrected chi connectivity index (χ2v) is 8.46. The van der Waals surface area contributed by atoms with Gasteiger partial charge in [-0.2, -0.15) is 8.42 Å². The number of amides is 2. The van der Waals surface area contributed by atoms with Crippen LogP contribution >= 0.6 is 0 Å². The van der Waals surface area contributed by atoms with Gasteiger partial charge in [0.15, 0.2) is 0 Å². The molecule has 1 N–H and O–H groups in total. The van der Waals surface area contributed by atoms with Gasteiger partial charge >= 0.3 is 16.1 Å². The summed E-state index contributed by atoms with van der Waals surface area (Å²) in [6.07, 6.45) is 0.828. The lowest BCUT2D eigenvalue weighted by atomic mass is 10.1. The van der Waals surface area contributed by atoms with Crippen LogP contribution in [0.5, 0.6) is 5.75 Å². The molecule has 0 fully saturated rings. The van der Waals surface area contributed by atoms with Crippen LogP contribution in [0.4, 0.5) is 4.79 Å². The van der Waals surface area contributed by atoms with E-state index in [1.807, 2.05) is 44.2 Å². The van der Waals surface area contributed by atoms with Gasteiger partial charge in [0.05, 0.1) is 5.75 Å². The van der Waals surface area contributed by atoms with E-state index >= 15 is 0 Å². The minimum Gasteiger partial charge on any atom is -0.382 e. The van der Waals surface area contributed by atoms with Gasteiger partial charge < -0.3 is 14.4 Å². The first-order valence-electron chi connectivity index (χ1n) is 9.44. The number of rotatable bonds is 9. The van der Waals surface area contributed by atoms with Gasteiger partial charge in [-0.1, -0.05) is 49.4 Å². The highest BCUT2D eigenvalue weighted by atomic mass is 32.2. The maximum atomic E-state index is 12.7. The van der Waals surface area contributed by atoms with Crippen molar-refractivity contribution in [3.8, 4) is 5.75 Å². The average molecular weight is 405 g/mol. The lowest BCUT2D eigenvalue weighted by Crippen LogP contribution is -2.44. The van der Waals surface area contributed by atoms with Crippen molar-refractivity contribution in [3.63, 3.8) is 0 Å². The maximum absolute atomic E-state index is 12.7. The highest BCUT2D eigenvalue weighted by Gasteiger charge is 2.19. The van der Waals surface area contributed by atoms with Crippen LogP contribution in [0, 0.1) is 0 Å². The normalized spacial score (nSPS) is 12.2. The third-order valence-electron chi connectivity index (χ3n) is 4.52. The van der Waals surface area contributed by atoms with Crippen LogP contribution in [0.25, 0.3) is 0 Å². The topological polar surface area (TPSA) is 75.7 Å². The molecular weight excluding hydrogens is 376 g/mol. The Morgan fingerprint density at radius 3 is 2.25 bits per heavy atom. The van der Waals surface area contributed by atoms with Gasteiger partial charge in [-0.05, 0) is 43.5 Å². The van der Waals surface area contributed by atoms with Gasteiger partial charge in [-0.3, -0.25) is 0 Å². The fourth-order valence-corrected chi connectivity index (χ4v) is 3.10. The van der Waals surface area contributed by atoms with E-state index in [4.69, 9.17) is 4.18 Å². The van der Waals surface area contributed by atoms with Crippen LogP contribution < -0.4 is 9.50 Å². The van der Waals surface area contributed by atoms with Crippen LogP contribution in [-0.2, 0) is 23.2 Å². The van der Waals surface area contributed by atoms with Crippen molar-refractivity contribution in [2.24, 2.45) is 0 Å². The van der Waals surface area contributed by atoms with Crippen LogP contribution in [0.15, 0.2) is 54.6 Å². The molecule has 0 saturated carbocycles. The summed E-state index contributed by atoms with van der Waals surface area (Å²) in [5.41, 5.74) is 1.94. The molecule has 0 bridgehead atoms. The van der Waals surface area contributed by atoms with E-state index in [1.165, 1.54) is 6.92 Å². The number of carbonyl (C=O) groups is 1. The summed E-state index contributed by atoms with van der Waals surface area (Å²) >= 11 is 0. The Kier molecular flexibility index (Phi) is 7.87. The molecule has 2 amide bonds. The average Bonchev–Trinajstić information content (AvgIpc) is 2.71. The molecule has 0 heterocycles. The first kappa shape index (κ1) is 21.8. The van der Waals surface area contributed by atoms with E-state index in [0.717, 1.165) is 17.5 Å². The molecule has 0 aliphatic rings. The maximum Gasteiger partial charge on any atom is 0.318 e. The number of nitrogens with one attached hydrogen (secondary N) is 1. The van der Waals surface area contributed by atoms with Crippen molar-refractivity contribution in [1.29, 1.82) is 0 Å². The van der Waals surface area contributed by atoms with Crippen LogP contribution in [0.1, 0.15) is 38.3 Å². The second kappa shape index (κ2) is 10.1. The zero-order chi connectivity index (χ0) is 20.6. The standard InChI is InChI=1S/C21H28N2O4S/c1-4-17(3)23(21(24)22-15-18-9-7-6-8-10-18)16-19-11-13-20(14-12-19)27-28(25,26)5-2/h6-14,17H,4-5,15-16H2,1-3H3,(H,22,24)/t17-/m0/s1. The number of urea groups is 1. The minimum atomic E-state index is -3.55. The van der Waals surface area contributed by atoms with Crippen molar-refractivity contribution in [2.75, 3.05) is 5.75 Å². The van der Waals surface area contributed by atoms with Crippen molar-refractivity contribution in [2.45, 2.75) is 46.3 Å². The molecule has 0 unspecified atom stereocenters. The summed E-state index contributed by atoms with van der Waals surface area (Å²) in [7, 11) is -3.55. The SMILES string of the molecule is CC[C@H](C)N(Cc1ccc(OS(=O)(=O)CC)cc1)C(=O)NCc1ccccc1. The number of hydrogen-bond donors (Lipinski definition) is 1. The third kappa shape index (κ3) is 6.56. The highest BCUT2D eigenvalue weighted by Crippen LogP contribution is 2.17. The van der Waals surface area contributed by atoms with E-state index in [1.54, 1.807) is 29.2 Å². The van der Waals surface area contributed by atoms with Crippen molar-refractivity contribution < 1.29 is 17.4 Å². The molecular formula is C21H28N2O4S. The summed E-state index contributed by atoms with van der Waals surface area (Å²) in [5.74, 6) is 0.187. The van der Waals surface area contributed by atoms with Gasteiger partial charge in [-0.15, -0.1) is 0 Å². The molecule has 0 saturated heterocycles. The molecule has 0 radical (unpaired) electrons. The first-order valence-corrected chi connectivity index (χ1v) is 11.0. The fourth-order valence-electron chi connectivity index (χ4n) is 2.58. The van der Waals surface area contributed by atoms with E-state index in [2.05, 4.69) is 5.32 Å². The Hall–Kier alpha value is -2.54. The second-order valence-electron chi connectivity index (χ2n) is 6.60. The molecule has 0 aromatic heterocycles. The molecule has 152 valence electrons. The Balaban J connectivity index is 2.04. The first-order chi connectivity index (χ1) is 13.3. The molecule has 7 heteroatoms. The Morgan fingerprint density at radius 2 is 1.68 bits per heavy atom. The Bertz CT molecular complexity index is 852. The van der Waals surface area contributed by atoms with E-state index in [0.29, 0.717) is 13.1 Å². The molecule has 0 aliphatic carbocycles. The highest BCUT2D eigenvalue weighted by molar-refractivity contribution is 7.87. The van der Waals surface area contributed by atoms with Crippen LogP contribution in [-0.4, -0.2) is 31.1 Å². The molecule has 2 aromatic rings. The summed E-state index contributed by atoms with van der Waals surface area (Å²) in [4.78, 5) is 14.5.